The van der Waals surface area contributed by atoms with E-state index in [4.69, 9.17) is 4.74 Å². The molecule has 1 aromatic heterocycles. The van der Waals surface area contributed by atoms with Crippen LogP contribution in [-0.4, -0.2) is 29.0 Å². The summed E-state index contributed by atoms with van der Waals surface area (Å²) < 4.78 is 6.93. The molecule has 2 heterocycles. The Morgan fingerprint density at radius 3 is 3.08 bits per heavy atom. The number of ether oxygens (including phenoxy) is 1. The van der Waals surface area contributed by atoms with Crippen molar-refractivity contribution in [3.05, 3.63) is 18.0 Å². The molecular formula is C8H13N3O. The fraction of sp³-hybridized carbons (Fsp3) is 0.625. The van der Waals surface area contributed by atoms with Gasteiger partial charge in [-0.05, 0) is 6.07 Å². The molecule has 0 aliphatic carbocycles. The van der Waals surface area contributed by atoms with E-state index in [-0.39, 0.29) is 0 Å². The summed E-state index contributed by atoms with van der Waals surface area (Å²) in [6, 6.07) is 2.56. The van der Waals surface area contributed by atoms with E-state index in [0.717, 1.165) is 19.8 Å². The number of aromatic nitrogens is 2. The smallest absolute Gasteiger partial charge is 0.0643 e. The van der Waals surface area contributed by atoms with Crippen LogP contribution in [0.25, 0.3) is 0 Å². The highest BCUT2D eigenvalue weighted by Gasteiger charge is 2.17. The van der Waals surface area contributed by atoms with Crippen molar-refractivity contribution in [3.63, 3.8) is 0 Å². The normalized spacial score (nSPS) is 17.8. The van der Waals surface area contributed by atoms with E-state index in [9.17, 15) is 0 Å². The first-order chi connectivity index (χ1) is 5.86. The average Bonchev–Trinajstić information content (AvgIpc) is 2.33. The molecule has 1 fully saturated rings. The fourth-order valence-electron chi connectivity index (χ4n) is 1.18. The maximum atomic E-state index is 5.05. The highest BCUT2D eigenvalue weighted by atomic mass is 16.5. The number of nitrogens with zero attached hydrogens (tertiary/aromatic N) is 2. The molecule has 1 aliphatic heterocycles. The molecule has 0 radical (unpaired) electrons. The van der Waals surface area contributed by atoms with Crippen molar-refractivity contribution in [1.29, 1.82) is 0 Å². The molecule has 1 aliphatic rings. The van der Waals surface area contributed by atoms with E-state index >= 15 is 0 Å². The van der Waals surface area contributed by atoms with Gasteiger partial charge in [0.1, 0.15) is 0 Å². The summed E-state index contributed by atoms with van der Waals surface area (Å²) in [5.74, 6) is 0. The van der Waals surface area contributed by atoms with Crippen molar-refractivity contribution in [2.45, 2.75) is 12.6 Å². The predicted octanol–water partition coefficient (Wildman–Crippen LogP) is -0.0915. The SMILES string of the molecule is Cn1nccc1CNC1COC1. The number of hydrogen-bond acceptors (Lipinski definition) is 3. The minimum Gasteiger partial charge on any atom is -0.378 e. The van der Waals surface area contributed by atoms with Crippen LogP contribution in [0.5, 0.6) is 0 Å². The molecule has 0 unspecified atom stereocenters. The van der Waals surface area contributed by atoms with Crippen LogP contribution in [0, 0.1) is 0 Å². The second kappa shape index (κ2) is 3.25. The van der Waals surface area contributed by atoms with Crippen molar-refractivity contribution in [2.24, 2.45) is 7.05 Å². The third-order valence-corrected chi connectivity index (χ3v) is 2.13. The molecule has 0 saturated carbocycles. The van der Waals surface area contributed by atoms with Crippen molar-refractivity contribution < 1.29 is 4.74 Å². The van der Waals surface area contributed by atoms with Crippen LogP contribution in [0.4, 0.5) is 0 Å². The number of nitrogens with one attached hydrogen (secondary N) is 1. The molecule has 1 N–H and O–H groups in total. The zero-order valence-corrected chi connectivity index (χ0v) is 7.16. The van der Waals surface area contributed by atoms with E-state index in [2.05, 4.69) is 10.4 Å². The van der Waals surface area contributed by atoms with E-state index in [1.165, 1.54) is 5.69 Å². The van der Waals surface area contributed by atoms with Crippen LogP contribution < -0.4 is 5.32 Å². The Hall–Kier alpha value is -0.870. The van der Waals surface area contributed by atoms with Gasteiger partial charge in [-0.25, -0.2) is 0 Å². The van der Waals surface area contributed by atoms with Gasteiger partial charge in [-0.15, -0.1) is 0 Å². The van der Waals surface area contributed by atoms with E-state index in [1.54, 1.807) is 0 Å². The van der Waals surface area contributed by atoms with Gasteiger partial charge in [-0.2, -0.15) is 5.10 Å². The molecule has 0 atom stereocenters. The molecule has 4 nitrogen and oxygen atoms in total. The summed E-state index contributed by atoms with van der Waals surface area (Å²) in [6.45, 7) is 2.57. The predicted molar refractivity (Wildman–Crippen MR) is 44.7 cm³/mol. The Morgan fingerprint density at radius 1 is 1.75 bits per heavy atom. The van der Waals surface area contributed by atoms with E-state index in [0.29, 0.717) is 6.04 Å². The van der Waals surface area contributed by atoms with Gasteiger partial charge in [-0.1, -0.05) is 0 Å². The summed E-state index contributed by atoms with van der Waals surface area (Å²) in [7, 11) is 1.95. The molecule has 0 bridgehead atoms. The fourth-order valence-corrected chi connectivity index (χ4v) is 1.18. The Kier molecular flexibility index (Phi) is 2.10. The Bertz CT molecular complexity index is 255. The second-order valence-electron chi connectivity index (χ2n) is 3.06. The quantitative estimate of drug-likeness (QED) is 0.683. The summed E-state index contributed by atoms with van der Waals surface area (Å²) in [6.07, 6.45) is 1.81. The Labute approximate surface area is 71.5 Å². The maximum Gasteiger partial charge on any atom is 0.0643 e. The van der Waals surface area contributed by atoms with Crippen molar-refractivity contribution >= 4 is 0 Å². The van der Waals surface area contributed by atoms with E-state index in [1.807, 2.05) is 24.0 Å². The number of hydrogen-bond donors (Lipinski definition) is 1. The van der Waals surface area contributed by atoms with Crippen molar-refractivity contribution in [3.8, 4) is 0 Å². The lowest BCUT2D eigenvalue weighted by Gasteiger charge is -2.26. The third-order valence-electron chi connectivity index (χ3n) is 2.13. The van der Waals surface area contributed by atoms with Crippen LogP contribution in [0.2, 0.25) is 0 Å². The topological polar surface area (TPSA) is 39.1 Å². The molecule has 0 aromatic carbocycles. The number of rotatable bonds is 3. The number of aryl methyl sites for hydroxylation is 1. The first-order valence-electron chi connectivity index (χ1n) is 4.14. The standard InChI is InChI=1S/C8H13N3O/c1-11-8(2-3-10-11)4-9-7-5-12-6-7/h2-3,7,9H,4-6H2,1H3. The van der Waals surface area contributed by atoms with Crippen LogP contribution in [0.1, 0.15) is 5.69 Å². The highest BCUT2D eigenvalue weighted by Crippen LogP contribution is 2.02. The summed E-state index contributed by atoms with van der Waals surface area (Å²) in [5.41, 5.74) is 1.21. The average molecular weight is 167 g/mol. The summed E-state index contributed by atoms with van der Waals surface area (Å²) in [4.78, 5) is 0. The van der Waals surface area contributed by atoms with Crippen LogP contribution in [0.15, 0.2) is 12.3 Å². The van der Waals surface area contributed by atoms with Gasteiger partial charge in [0.25, 0.3) is 0 Å². The molecule has 1 saturated heterocycles. The molecular weight excluding hydrogens is 154 g/mol. The minimum atomic E-state index is 0.542. The first kappa shape index (κ1) is 7.76. The second-order valence-corrected chi connectivity index (χ2v) is 3.06. The van der Waals surface area contributed by atoms with Crippen LogP contribution in [-0.2, 0) is 18.3 Å². The monoisotopic (exact) mass is 167 g/mol. The lowest BCUT2D eigenvalue weighted by Crippen LogP contribution is -2.45. The van der Waals surface area contributed by atoms with E-state index < -0.39 is 0 Å². The Morgan fingerprint density at radius 2 is 2.58 bits per heavy atom. The molecule has 12 heavy (non-hydrogen) atoms. The van der Waals surface area contributed by atoms with Crippen molar-refractivity contribution in [1.82, 2.24) is 15.1 Å². The lowest BCUT2D eigenvalue weighted by atomic mass is 10.2. The zero-order chi connectivity index (χ0) is 8.39. The molecule has 4 heteroatoms. The maximum absolute atomic E-state index is 5.05. The highest BCUT2D eigenvalue weighted by molar-refractivity contribution is 4.99. The summed E-state index contributed by atoms with van der Waals surface area (Å²) in [5, 5.41) is 7.46. The molecule has 0 spiro atoms. The Balaban J connectivity index is 1.82. The van der Waals surface area contributed by atoms with Gasteiger partial charge in [0, 0.05) is 19.8 Å². The molecule has 0 amide bonds. The largest absolute Gasteiger partial charge is 0.378 e. The molecule has 2 rings (SSSR count). The van der Waals surface area contributed by atoms with Gasteiger partial charge < -0.3 is 10.1 Å². The van der Waals surface area contributed by atoms with Gasteiger partial charge in [-0.3, -0.25) is 4.68 Å². The third kappa shape index (κ3) is 1.49. The van der Waals surface area contributed by atoms with Crippen LogP contribution >= 0.6 is 0 Å². The zero-order valence-electron chi connectivity index (χ0n) is 7.16. The van der Waals surface area contributed by atoms with Gasteiger partial charge in [0.2, 0.25) is 0 Å². The lowest BCUT2D eigenvalue weighted by molar-refractivity contribution is -0.00601. The molecule has 1 aromatic rings. The first-order valence-corrected chi connectivity index (χ1v) is 4.14. The minimum absolute atomic E-state index is 0.542. The van der Waals surface area contributed by atoms with Gasteiger partial charge in [0.15, 0.2) is 0 Å². The van der Waals surface area contributed by atoms with Crippen molar-refractivity contribution in [2.75, 3.05) is 13.2 Å². The molecule has 66 valence electrons. The van der Waals surface area contributed by atoms with Gasteiger partial charge >= 0.3 is 0 Å². The summed E-state index contributed by atoms with van der Waals surface area (Å²) >= 11 is 0. The van der Waals surface area contributed by atoms with Gasteiger partial charge in [0.05, 0.1) is 24.9 Å². The van der Waals surface area contributed by atoms with Crippen LogP contribution in [0.3, 0.4) is 0 Å².